The van der Waals surface area contributed by atoms with Crippen molar-refractivity contribution < 1.29 is 22.7 Å². The molecule has 0 unspecified atom stereocenters. The van der Waals surface area contributed by atoms with Gasteiger partial charge in [-0.2, -0.15) is 13.2 Å². The Bertz CT molecular complexity index is 1840. The minimum Gasteiger partial charge on any atom is -0.462 e. The summed E-state index contributed by atoms with van der Waals surface area (Å²) in [5.41, 5.74) is -1.66. The van der Waals surface area contributed by atoms with Gasteiger partial charge in [0.25, 0.3) is 5.56 Å². The summed E-state index contributed by atoms with van der Waals surface area (Å²) in [4.78, 5) is 53.1. The Labute approximate surface area is 225 Å². The minimum atomic E-state index is -4.60. The van der Waals surface area contributed by atoms with Crippen molar-refractivity contribution in [2.45, 2.75) is 51.9 Å². The standard InChI is InChI=1S/C28H27F3N4O5/c1-5-40-25(37)19-14-33(16-9-11-22-23(13-16)34(15(2)3)26(38)32(22)4)27(39)35(24(19)36)21-12-10-17-18(21)7-6-8-20(17)28(29,30)31/h6-9,11,13-15,21H,5,10,12H2,1-4H3/t21-/m1/s1. The van der Waals surface area contributed by atoms with Gasteiger partial charge in [0.05, 0.1) is 34.9 Å². The zero-order chi connectivity index (χ0) is 29.1. The molecular weight excluding hydrogens is 529 g/mol. The first kappa shape index (κ1) is 27.2. The van der Waals surface area contributed by atoms with E-state index in [4.69, 9.17) is 4.74 Å². The first-order valence-electron chi connectivity index (χ1n) is 12.8. The van der Waals surface area contributed by atoms with Gasteiger partial charge < -0.3 is 4.74 Å². The Balaban J connectivity index is 1.79. The summed E-state index contributed by atoms with van der Waals surface area (Å²) in [5.74, 6) is -0.961. The number of fused-ring (bicyclic) bond motifs is 2. The van der Waals surface area contributed by atoms with Crippen molar-refractivity contribution in [1.29, 1.82) is 0 Å². The van der Waals surface area contributed by atoms with Gasteiger partial charge in [-0.25, -0.2) is 14.4 Å². The number of imidazole rings is 1. The second kappa shape index (κ2) is 9.68. The van der Waals surface area contributed by atoms with Crippen molar-refractivity contribution in [3.05, 3.63) is 96.2 Å². The predicted octanol–water partition coefficient (Wildman–Crippen LogP) is 3.96. The molecule has 5 rings (SSSR count). The number of aromatic nitrogens is 4. The van der Waals surface area contributed by atoms with Gasteiger partial charge in [0.1, 0.15) is 5.56 Å². The van der Waals surface area contributed by atoms with Gasteiger partial charge in [0.15, 0.2) is 0 Å². The van der Waals surface area contributed by atoms with Crippen molar-refractivity contribution in [2.75, 3.05) is 6.61 Å². The SMILES string of the molecule is CCOC(=O)c1cn(-c2ccc3c(c2)n(C(C)C)c(=O)n3C)c(=O)n([C@@H]2CCc3c2cccc3C(F)(F)F)c1=O. The lowest BCUT2D eigenvalue weighted by atomic mass is 10.0. The summed E-state index contributed by atoms with van der Waals surface area (Å²) in [6, 6.07) is 7.28. The van der Waals surface area contributed by atoms with Gasteiger partial charge in [-0.05, 0) is 69.0 Å². The maximum atomic E-state index is 13.9. The molecule has 0 N–H and O–H groups in total. The first-order valence-corrected chi connectivity index (χ1v) is 12.8. The molecule has 0 amide bonds. The second-order valence-electron chi connectivity index (χ2n) is 9.99. The number of hydrogen-bond donors (Lipinski definition) is 0. The maximum absolute atomic E-state index is 13.9. The number of ether oxygens (including phenoxy) is 1. The van der Waals surface area contributed by atoms with E-state index in [9.17, 15) is 32.3 Å². The molecule has 4 aromatic rings. The predicted molar refractivity (Wildman–Crippen MR) is 141 cm³/mol. The molecule has 0 saturated heterocycles. The Morgan fingerprint density at radius 3 is 2.45 bits per heavy atom. The van der Waals surface area contributed by atoms with Crippen LogP contribution in [0.3, 0.4) is 0 Å². The van der Waals surface area contributed by atoms with Crippen molar-refractivity contribution in [3.63, 3.8) is 0 Å². The minimum absolute atomic E-state index is 0.00182. The summed E-state index contributed by atoms with van der Waals surface area (Å²) >= 11 is 0. The lowest BCUT2D eigenvalue weighted by molar-refractivity contribution is -0.138. The third kappa shape index (κ3) is 4.18. The summed E-state index contributed by atoms with van der Waals surface area (Å²) in [5, 5.41) is 0. The van der Waals surface area contributed by atoms with E-state index in [-0.39, 0.29) is 48.0 Å². The largest absolute Gasteiger partial charge is 0.462 e. The number of alkyl halides is 3. The molecule has 2 heterocycles. The summed E-state index contributed by atoms with van der Waals surface area (Å²) in [6.07, 6.45) is -3.45. The second-order valence-corrected chi connectivity index (χ2v) is 9.99. The summed E-state index contributed by atoms with van der Waals surface area (Å²) < 4.78 is 51.1. The highest BCUT2D eigenvalue weighted by Crippen LogP contribution is 2.41. The van der Waals surface area contributed by atoms with E-state index in [0.29, 0.717) is 11.0 Å². The Kier molecular flexibility index (Phi) is 6.59. The number of rotatable bonds is 5. The molecule has 12 heteroatoms. The number of carbonyl (C=O) groups is 1. The highest BCUT2D eigenvalue weighted by atomic mass is 19.4. The fraction of sp³-hybridized carbons (Fsp3) is 0.357. The van der Waals surface area contributed by atoms with Gasteiger partial charge in [-0.15, -0.1) is 0 Å². The number of benzene rings is 2. The molecule has 0 bridgehead atoms. The van der Waals surface area contributed by atoms with Crippen molar-refractivity contribution in [3.8, 4) is 5.69 Å². The van der Waals surface area contributed by atoms with Crippen LogP contribution in [0, 0.1) is 0 Å². The Morgan fingerprint density at radius 2 is 1.80 bits per heavy atom. The molecule has 0 fully saturated rings. The van der Waals surface area contributed by atoms with E-state index < -0.39 is 40.6 Å². The van der Waals surface area contributed by atoms with Crippen LogP contribution in [-0.2, 0) is 24.4 Å². The van der Waals surface area contributed by atoms with E-state index in [2.05, 4.69) is 0 Å². The quantitative estimate of drug-likeness (QED) is 0.347. The van der Waals surface area contributed by atoms with Crippen LogP contribution in [0.4, 0.5) is 13.2 Å². The average molecular weight is 557 g/mol. The molecule has 1 aliphatic carbocycles. The molecule has 0 radical (unpaired) electrons. The number of nitrogens with zero attached hydrogens (tertiary/aromatic N) is 4. The van der Waals surface area contributed by atoms with Crippen LogP contribution < -0.4 is 16.9 Å². The molecule has 40 heavy (non-hydrogen) atoms. The topological polar surface area (TPSA) is 97.2 Å². The van der Waals surface area contributed by atoms with Gasteiger partial charge in [0, 0.05) is 19.3 Å². The van der Waals surface area contributed by atoms with Crippen LogP contribution in [0.15, 0.2) is 57.0 Å². The molecule has 2 aromatic heterocycles. The number of halogens is 3. The van der Waals surface area contributed by atoms with Gasteiger partial charge >= 0.3 is 23.5 Å². The third-order valence-electron chi connectivity index (χ3n) is 7.34. The van der Waals surface area contributed by atoms with E-state index in [1.165, 1.54) is 16.7 Å². The van der Waals surface area contributed by atoms with Crippen LogP contribution >= 0.6 is 0 Å². The highest BCUT2D eigenvalue weighted by molar-refractivity contribution is 5.88. The van der Waals surface area contributed by atoms with E-state index in [0.717, 1.165) is 21.4 Å². The average Bonchev–Trinajstić information content (AvgIpc) is 3.42. The molecular formula is C28H27F3N4O5. The molecule has 2 aromatic carbocycles. The normalized spacial score (nSPS) is 15.2. The monoisotopic (exact) mass is 556 g/mol. The fourth-order valence-electron chi connectivity index (χ4n) is 5.55. The van der Waals surface area contributed by atoms with E-state index in [1.807, 2.05) is 13.8 Å². The van der Waals surface area contributed by atoms with Crippen LogP contribution in [0.1, 0.15) is 66.3 Å². The molecule has 210 valence electrons. The lowest BCUT2D eigenvalue weighted by Crippen LogP contribution is -2.44. The molecule has 1 aliphatic rings. The Hall–Kier alpha value is -4.35. The maximum Gasteiger partial charge on any atom is 0.416 e. The number of carbonyl (C=O) groups excluding carboxylic acids is 1. The highest BCUT2D eigenvalue weighted by Gasteiger charge is 2.38. The molecule has 0 spiro atoms. The fourth-order valence-corrected chi connectivity index (χ4v) is 5.55. The third-order valence-corrected chi connectivity index (χ3v) is 7.34. The van der Waals surface area contributed by atoms with E-state index in [1.54, 1.807) is 36.7 Å². The summed E-state index contributed by atoms with van der Waals surface area (Å²) in [7, 11) is 1.63. The van der Waals surface area contributed by atoms with Crippen LogP contribution in [0.2, 0.25) is 0 Å². The molecule has 0 saturated carbocycles. The Morgan fingerprint density at radius 1 is 1.07 bits per heavy atom. The number of hydrogen-bond acceptors (Lipinski definition) is 5. The number of aryl methyl sites for hydroxylation is 1. The van der Waals surface area contributed by atoms with Crippen LogP contribution in [0.25, 0.3) is 16.7 Å². The van der Waals surface area contributed by atoms with Gasteiger partial charge in [0.2, 0.25) is 0 Å². The first-order chi connectivity index (χ1) is 18.9. The lowest BCUT2D eigenvalue weighted by Gasteiger charge is -2.19. The zero-order valence-corrected chi connectivity index (χ0v) is 22.3. The van der Waals surface area contributed by atoms with Crippen molar-refractivity contribution >= 4 is 17.0 Å². The molecule has 1 atom stereocenters. The number of esters is 1. The van der Waals surface area contributed by atoms with Gasteiger partial charge in [-0.1, -0.05) is 12.1 Å². The van der Waals surface area contributed by atoms with Crippen LogP contribution in [-0.4, -0.2) is 30.8 Å². The van der Waals surface area contributed by atoms with Gasteiger partial charge in [-0.3, -0.25) is 23.1 Å². The smallest absolute Gasteiger partial charge is 0.416 e. The zero-order valence-electron chi connectivity index (χ0n) is 22.3. The molecule has 0 aliphatic heterocycles. The molecule has 9 nitrogen and oxygen atoms in total. The van der Waals surface area contributed by atoms with Crippen LogP contribution in [0.5, 0.6) is 0 Å². The summed E-state index contributed by atoms with van der Waals surface area (Å²) in [6.45, 7) is 5.21. The van der Waals surface area contributed by atoms with Crippen molar-refractivity contribution in [2.24, 2.45) is 7.05 Å². The van der Waals surface area contributed by atoms with Crippen molar-refractivity contribution in [1.82, 2.24) is 18.3 Å². The van der Waals surface area contributed by atoms with E-state index >= 15 is 0 Å².